The summed E-state index contributed by atoms with van der Waals surface area (Å²) in [5, 5.41) is 0. The van der Waals surface area contributed by atoms with E-state index in [9.17, 15) is 14.4 Å². The van der Waals surface area contributed by atoms with Crippen molar-refractivity contribution < 1.29 is 23.8 Å². The molecule has 0 bridgehead atoms. The van der Waals surface area contributed by atoms with Crippen LogP contribution in [0.4, 0.5) is 0 Å². The molecule has 37 heavy (non-hydrogen) atoms. The molecule has 4 rings (SSSR count). The third-order valence-electron chi connectivity index (χ3n) is 5.53. The monoisotopic (exact) mass is 520 g/mol. The number of fused-ring (bicyclic) bond motifs is 1. The number of thiazole rings is 1. The molecule has 0 amide bonds. The minimum Gasteiger partial charge on any atom is -0.491 e. The fraction of sp³-hybridized carbons (Fsp3) is 0.286. The van der Waals surface area contributed by atoms with Crippen LogP contribution in [0.3, 0.4) is 0 Å². The lowest BCUT2D eigenvalue weighted by Crippen LogP contribution is -2.40. The summed E-state index contributed by atoms with van der Waals surface area (Å²) in [7, 11) is 0. The summed E-state index contributed by atoms with van der Waals surface area (Å²) in [5.74, 6) is 0.0659. The van der Waals surface area contributed by atoms with Gasteiger partial charge in [0.1, 0.15) is 17.5 Å². The van der Waals surface area contributed by atoms with Crippen LogP contribution in [0.5, 0.6) is 11.5 Å². The highest BCUT2D eigenvalue weighted by Gasteiger charge is 2.35. The van der Waals surface area contributed by atoms with E-state index in [0.717, 1.165) is 5.56 Å². The average Bonchev–Trinajstić information content (AvgIpc) is 3.13. The highest BCUT2D eigenvalue weighted by atomic mass is 32.1. The molecule has 2 heterocycles. The number of para-hydroxylation sites is 1. The number of carbonyl (C=O) groups excluding carboxylic acids is 2. The Morgan fingerprint density at radius 1 is 1.14 bits per heavy atom. The summed E-state index contributed by atoms with van der Waals surface area (Å²) >= 11 is 1.24. The van der Waals surface area contributed by atoms with Crippen molar-refractivity contribution in [2.45, 2.75) is 46.8 Å². The number of hydrogen-bond donors (Lipinski definition) is 0. The molecule has 8 nitrogen and oxygen atoms in total. The van der Waals surface area contributed by atoms with Crippen molar-refractivity contribution in [1.82, 2.24) is 4.57 Å². The van der Waals surface area contributed by atoms with Crippen molar-refractivity contribution in [2.75, 3.05) is 6.61 Å². The normalized spacial score (nSPS) is 15.3. The van der Waals surface area contributed by atoms with Crippen LogP contribution in [0.25, 0.3) is 6.08 Å². The third-order valence-corrected chi connectivity index (χ3v) is 6.52. The summed E-state index contributed by atoms with van der Waals surface area (Å²) in [5.41, 5.74) is 1.92. The molecule has 192 valence electrons. The Bertz CT molecular complexity index is 1550. The smallest absolute Gasteiger partial charge is 0.338 e. The van der Waals surface area contributed by atoms with Crippen molar-refractivity contribution in [2.24, 2.45) is 4.99 Å². The molecule has 0 fully saturated rings. The SMILES string of the molecule is CCOC(=O)C1=C(C)N=c2s/c(=C\c3ccc(OC(C)=O)cc3)c(=O)n2[C@@H]1c1ccccc1OC(C)C. The third kappa shape index (κ3) is 5.56. The highest BCUT2D eigenvalue weighted by molar-refractivity contribution is 7.07. The lowest BCUT2D eigenvalue weighted by Gasteiger charge is -2.26. The second kappa shape index (κ2) is 11.0. The van der Waals surface area contributed by atoms with Crippen LogP contribution in [0.2, 0.25) is 0 Å². The Labute approximate surface area is 218 Å². The Morgan fingerprint density at radius 3 is 2.49 bits per heavy atom. The molecule has 0 radical (unpaired) electrons. The number of ether oxygens (including phenoxy) is 3. The number of nitrogens with zero attached hydrogens (tertiary/aromatic N) is 2. The summed E-state index contributed by atoms with van der Waals surface area (Å²) in [6.07, 6.45) is 1.64. The minimum absolute atomic E-state index is 0.108. The standard InChI is InChI=1S/C28H28N2O6S/c1-6-34-27(33)24-17(4)29-28-30(25(24)21-9-7-8-10-22(21)35-16(2)3)26(32)23(37-28)15-19-11-13-20(14-12-19)36-18(5)31/h7-16,25H,6H2,1-5H3/b23-15-/t25-/m1/s1. The van der Waals surface area contributed by atoms with Crippen LogP contribution in [-0.2, 0) is 14.3 Å². The van der Waals surface area contributed by atoms with Gasteiger partial charge in [0.2, 0.25) is 0 Å². The zero-order valence-corrected chi connectivity index (χ0v) is 22.1. The van der Waals surface area contributed by atoms with Crippen molar-refractivity contribution in [3.63, 3.8) is 0 Å². The van der Waals surface area contributed by atoms with Crippen LogP contribution >= 0.6 is 11.3 Å². The predicted octanol–water partition coefficient (Wildman–Crippen LogP) is 3.51. The van der Waals surface area contributed by atoms with E-state index < -0.39 is 18.0 Å². The molecule has 0 saturated heterocycles. The van der Waals surface area contributed by atoms with Crippen LogP contribution < -0.4 is 24.4 Å². The molecular weight excluding hydrogens is 492 g/mol. The Kier molecular flexibility index (Phi) is 7.73. The Balaban J connectivity index is 1.90. The first-order valence-corrected chi connectivity index (χ1v) is 12.7. The highest BCUT2D eigenvalue weighted by Crippen LogP contribution is 2.36. The van der Waals surface area contributed by atoms with Crippen molar-refractivity contribution >= 4 is 29.4 Å². The molecule has 0 saturated carbocycles. The molecule has 1 aliphatic heterocycles. The lowest BCUT2D eigenvalue weighted by molar-refractivity contribution is -0.139. The number of aromatic nitrogens is 1. The van der Waals surface area contributed by atoms with Gasteiger partial charge in [0.15, 0.2) is 4.80 Å². The van der Waals surface area contributed by atoms with E-state index in [1.165, 1.54) is 22.8 Å². The van der Waals surface area contributed by atoms with Crippen molar-refractivity contribution in [1.29, 1.82) is 0 Å². The molecule has 2 aromatic carbocycles. The second-order valence-electron chi connectivity index (χ2n) is 8.67. The second-order valence-corrected chi connectivity index (χ2v) is 9.68. The molecular formula is C28H28N2O6S. The first kappa shape index (κ1) is 26.1. The zero-order chi connectivity index (χ0) is 26.7. The van der Waals surface area contributed by atoms with Crippen LogP contribution in [0.15, 0.2) is 69.6 Å². The molecule has 3 aromatic rings. The summed E-state index contributed by atoms with van der Waals surface area (Å²) < 4.78 is 18.5. The molecule has 1 aromatic heterocycles. The van der Waals surface area contributed by atoms with E-state index in [4.69, 9.17) is 14.2 Å². The first-order valence-electron chi connectivity index (χ1n) is 11.9. The lowest BCUT2D eigenvalue weighted by atomic mass is 9.95. The van der Waals surface area contributed by atoms with Crippen LogP contribution in [-0.4, -0.2) is 29.2 Å². The summed E-state index contributed by atoms with van der Waals surface area (Å²) in [6.45, 7) is 8.85. The Morgan fingerprint density at radius 2 is 1.84 bits per heavy atom. The number of hydrogen-bond acceptors (Lipinski definition) is 8. The topological polar surface area (TPSA) is 96.2 Å². The zero-order valence-electron chi connectivity index (χ0n) is 21.3. The molecule has 0 spiro atoms. The van der Waals surface area contributed by atoms with E-state index in [2.05, 4.69) is 4.99 Å². The van der Waals surface area contributed by atoms with E-state index in [-0.39, 0.29) is 18.3 Å². The van der Waals surface area contributed by atoms with E-state index in [0.29, 0.717) is 37.7 Å². The van der Waals surface area contributed by atoms with Gasteiger partial charge in [0, 0.05) is 12.5 Å². The van der Waals surface area contributed by atoms with Gasteiger partial charge in [0.25, 0.3) is 5.56 Å². The maximum Gasteiger partial charge on any atom is 0.338 e. The quantitative estimate of drug-likeness (QED) is 0.350. The van der Waals surface area contributed by atoms with Crippen molar-refractivity contribution in [3.05, 3.63) is 90.6 Å². The van der Waals surface area contributed by atoms with E-state index in [1.54, 1.807) is 44.2 Å². The molecule has 1 aliphatic rings. The van der Waals surface area contributed by atoms with Gasteiger partial charge in [0.05, 0.1) is 28.5 Å². The first-order chi connectivity index (χ1) is 17.7. The Hall–Kier alpha value is -3.98. The van der Waals surface area contributed by atoms with Crippen molar-refractivity contribution in [3.8, 4) is 11.5 Å². The fourth-order valence-electron chi connectivity index (χ4n) is 4.10. The van der Waals surface area contributed by atoms with Gasteiger partial charge in [-0.2, -0.15) is 0 Å². The van der Waals surface area contributed by atoms with Crippen LogP contribution in [0.1, 0.15) is 51.8 Å². The fourth-order valence-corrected chi connectivity index (χ4v) is 5.15. The van der Waals surface area contributed by atoms with Crippen LogP contribution in [0, 0.1) is 0 Å². The van der Waals surface area contributed by atoms with Gasteiger partial charge in [-0.25, -0.2) is 9.79 Å². The maximum absolute atomic E-state index is 13.8. The van der Waals surface area contributed by atoms with Gasteiger partial charge in [-0.05, 0) is 57.5 Å². The molecule has 9 heteroatoms. The summed E-state index contributed by atoms with van der Waals surface area (Å²) in [6, 6.07) is 13.5. The minimum atomic E-state index is -0.765. The largest absolute Gasteiger partial charge is 0.491 e. The summed E-state index contributed by atoms with van der Waals surface area (Å²) in [4.78, 5) is 43.2. The molecule has 0 unspecified atom stereocenters. The number of carbonyl (C=O) groups is 2. The average molecular weight is 521 g/mol. The number of esters is 2. The maximum atomic E-state index is 13.8. The van der Waals surface area contributed by atoms with Gasteiger partial charge in [-0.3, -0.25) is 14.2 Å². The molecule has 1 atom stereocenters. The van der Waals surface area contributed by atoms with Gasteiger partial charge >= 0.3 is 11.9 Å². The molecule has 0 aliphatic carbocycles. The number of benzene rings is 2. The van der Waals surface area contributed by atoms with Gasteiger partial charge in [-0.1, -0.05) is 41.7 Å². The van der Waals surface area contributed by atoms with Gasteiger partial charge < -0.3 is 14.2 Å². The van der Waals surface area contributed by atoms with E-state index >= 15 is 0 Å². The number of rotatable bonds is 7. The predicted molar refractivity (Wildman–Crippen MR) is 140 cm³/mol. The molecule has 0 N–H and O–H groups in total. The van der Waals surface area contributed by atoms with E-state index in [1.807, 2.05) is 38.1 Å². The number of allylic oxidation sites excluding steroid dienone is 1. The van der Waals surface area contributed by atoms with Gasteiger partial charge in [-0.15, -0.1) is 0 Å².